The number of aromatic nitrogens is 1. The smallest absolute Gasteiger partial charge is 0.257 e. The lowest BCUT2D eigenvalue weighted by atomic mass is 10.0. The number of aryl methyl sites for hydroxylation is 2. The van der Waals surface area contributed by atoms with Crippen molar-refractivity contribution in [3.8, 4) is 0 Å². The molecule has 2 aromatic rings. The first-order valence-electron chi connectivity index (χ1n) is 5.58. The van der Waals surface area contributed by atoms with Crippen LogP contribution in [0.4, 0.5) is 10.2 Å². The van der Waals surface area contributed by atoms with Crippen molar-refractivity contribution in [2.75, 3.05) is 5.32 Å². The van der Waals surface area contributed by atoms with Crippen molar-refractivity contribution in [1.82, 2.24) is 4.98 Å². The van der Waals surface area contributed by atoms with Gasteiger partial charge in [0.25, 0.3) is 5.91 Å². The van der Waals surface area contributed by atoms with Crippen LogP contribution in [0.25, 0.3) is 0 Å². The van der Waals surface area contributed by atoms with Crippen molar-refractivity contribution in [2.45, 2.75) is 13.8 Å². The van der Waals surface area contributed by atoms with E-state index >= 15 is 0 Å². The number of nitrogens with one attached hydrogen (secondary N) is 1. The molecule has 0 bridgehead atoms. The van der Waals surface area contributed by atoms with Crippen LogP contribution in [0.5, 0.6) is 0 Å². The molecule has 1 amide bonds. The van der Waals surface area contributed by atoms with Gasteiger partial charge in [0.15, 0.2) is 0 Å². The van der Waals surface area contributed by atoms with E-state index in [0.717, 1.165) is 11.1 Å². The Labute approximate surface area is 105 Å². The first-order chi connectivity index (χ1) is 8.58. The van der Waals surface area contributed by atoms with Gasteiger partial charge in [-0.05, 0) is 37.1 Å². The summed E-state index contributed by atoms with van der Waals surface area (Å²) in [5, 5.41) is 2.59. The lowest BCUT2D eigenvalue weighted by molar-refractivity contribution is 0.102. The molecule has 0 aliphatic rings. The molecule has 0 saturated heterocycles. The highest BCUT2D eigenvalue weighted by Gasteiger charge is 2.12. The molecule has 0 aliphatic carbocycles. The summed E-state index contributed by atoms with van der Waals surface area (Å²) in [7, 11) is 0. The number of rotatable bonds is 2. The molecule has 1 N–H and O–H groups in total. The Bertz CT molecular complexity index is 576. The van der Waals surface area contributed by atoms with E-state index < -0.39 is 5.95 Å². The number of carbonyl (C=O) groups is 1. The molecule has 4 heteroatoms. The highest BCUT2D eigenvalue weighted by molar-refractivity contribution is 6.05. The topological polar surface area (TPSA) is 42.0 Å². The summed E-state index contributed by atoms with van der Waals surface area (Å²) in [6.45, 7) is 3.72. The summed E-state index contributed by atoms with van der Waals surface area (Å²) in [4.78, 5) is 15.7. The summed E-state index contributed by atoms with van der Waals surface area (Å²) in [6.07, 6.45) is 0. The van der Waals surface area contributed by atoms with Gasteiger partial charge in [-0.3, -0.25) is 4.79 Å². The van der Waals surface area contributed by atoms with Crippen molar-refractivity contribution in [1.29, 1.82) is 0 Å². The molecule has 0 aliphatic heterocycles. The zero-order chi connectivity index (χ0) is 13.1. The molecule has 1 heterocycles. The number of anilines is 1. The molecular weight excluding hydrogens is 231 g/mol. The fraction of sp³-hybridized carbons (Fsp3) is 0.143. The van der Waals surface area contributed by atoms with E-state index in [1.165, 1.54) is 12.1 Å². The zero-order valence-electron chi connectivity index (χ0n) is 10.2. The van der Waals surface area contributed by atoms with Crippen LogP contribution in [0.2, 0.25) is 0 Å². The minimum absolute atomic E-state index is 0.211. The van der Waals surface area contributed by atoms with Crippen LogP contribution in [-0.2, 0) is 0 Å². The third kappa shape index (κ3) is 2.53. The Hall–Kier alpha value is -2.23. The Morgan fingerprint density at radius 1 is 1.11 bits per heavy atom. The summed E-state index contributed by atoms with van der Waals surface area (Å²) in [6, 6.07) is 9.90. The molecule has 1 aromatic carbocycles. The Balaban J connectivity index is 2.28. The van der Waals surface area contributed by atoms with E-state index in [0.29, 0.717) is 5.56 Å². The Morgan fingerprint density at radius 3 is 2.33 bits per heavy atom. The van der Waals surface area contributed by atoms with Gasteiger partial charge >= 0.3 is 0 Å². The molecule has 1 aromatic heterocycles. The van der Waals surface area contributed by atoms with E-state index in [9.17, 15) is 9.18 Å². The number of amides is 1. The Morgan fingerprint density at radius 2 is 1.72 bits per heavy atom. The summed E-state index contributed by atoms with van der Waals surface area (Å²) < 4.78 is 12.9. The average Bonchev–Trinajstić information content (AvgIpc) is 2.28. The van der Waals surface area contributed by atoms with Crippen molar-refractivity contribution in [3.63, 3.8) is 0 Å². The van der Waals surface area contributed by atoms with Gasteiger partial charge < -0.3 is 5.32 Å². The van der Waals surface area contributed by atoms with Crippen LogP contribution in [-0.4, -0.2) is 10.9 Å². The van der Waals surface area contributed by atoms with Gasteiger partial charge in [0.05, 0.1) is 0 Å². The second-order valence-electron chi connectivity index (χ2n) is 4.07. The van der Waals surface area contributed by atoms with E-state index in [1.807, 2.05) is 32.0 Å². The summed E-state index contributed by atoms with van der Waals surface area (Å²) in [5.41, 5.74) is 2.36. The Kier molecular flexibility index (Phi) is 3.37. The van der Waals surface area contributed by atoms with Gasteiger partial charge in [0.1, 0.15) is 5.82 Å². The molecule has 0 unspecified atom stereocenters. The summed E-state index contributed by atoms with van der Waals surface area (Å²) in [5.74, 6) is -0.680. The van der Waals surface area contributed by atoms with Crippen molar-refractivity contribution >= 4 is 11.7 Å². The zero-order valence-corrected chi connectivity index (χ0v) is 10.2. The monoisotopic (exact) mass is 244 g/mol. The standard InChI is InChI=1S/C14H13FN2O/c1-9-5-3-6-10(2)13(9)14(18)17-12-8-4-7-11(15)16-12/h3-8H,1-2H3,(H,16,17,18). The number of pyridine rings is 1. The minimum Gasteiger partial charge on any atom is -0.306 e. The third-order valence-electron chi connectivity index (χ3n) is 2.66. The van der Waals surface area contributed by atoms with Gasteiger partial charge in [0.2, 0.25) is 5.95 Å². The van der Waals surface area contributed by atoms with E-state index in [4.69, 9.17) is 0 Å². The first kappa shape index (κ1) is 12.2. The van der Waals surface area contributed by atoms with Crippen LogP contribution in [0.3, 0.4) is 0 Å². The molecule has 18 heavy (non-hydrogen) atoms. The highest BCUT2D eigenvalue weighted by Crippen LogP contribution is 2.15. The number of benzene rings is 1. The van der Waals surface area contributed by atoms with E-state index in [-0.39, 0.29) is 11.7 Å². The van der Waals surface area contributed by atoms with Gasteiger partial charge in [-0.2, -0.15) is 4.39 Å². The molecule has 0 fully saturated rings. The van der Waals surface area contributed by atoms with Gasteiger partial charge in [0, 0.05) is 5.56 Å². The van der Waals surface area contributed by atoms with Crippen LogP contribution in [0.15, 0.2) is 36.4 Å². The van der Waals surface area contributed by atoms with Crippen LogP contribution < -0.4 is 5.32 Å². The minimum atomic E-state index is -0.616. The predicted octanol–water partition coefficient (Wildman–Crippen LogP) is 3.09. The number of nitrogens with zero attached hydrogens (tertiary/aromatic N) is 1. The number of halogens is 1. The largest absolute Gasteiger partial charge is 0.306 e. The maximum absolute atomic E-state index is 12.9. The maximum atomic E-state index is 12.9. The lowest BCUT2D eigenvalue weighted by Gasteiger charge is -2.09. The van der Waals surface area contributed by atoms with Crippen molar-refractivity contribution < 1.29 is 9.18 Å². The highest BCUT2D eigenvalue weighted by atomic mass is 19.1. The summed E-state index contributed by atoms with van der Waals surface area (Å²) >= 11 is 0. The predicted molar refractivity (Wildman–Crippen MR) is 68.1 cm³/mol. The second-order valence-corrected chi connectivity index (χ2v) is 4.07. The van der Waals surface area contributed by atoms with Gasteiger partial charge in [-0.15, -0.1) is 0 Å². The van der Waals surface area contributed by atoms with E-state index in [2.05, 4.69) is 10.3 Å². The van der Waals surface area contributed by atoms with Crippen molar-refractivity contribution in [3.05, 3.63) is 59.0 Å². The van der Waals surface area contributed by atoms with Crippen LogP contribution in [0, 0.1) is 19.8 Å². The number of hydrogen-bond donors (Lipinski definition) is 1. The average molecular weight is 244 g/mol. The van der Waals surface area contributed by atoms with E-state index in [1.54, 1.807) is 6.07 Å². The second kappa shape index (κ2) is 4.96. The van der Waals surface area contributed by atoms with Crippen LogP contribution >= 0.6 is 0 Å². The molecule has 0 radical (unpaired) electrons. The molecule has 92 valence electrons. The number of carbonyl (C=O) groups excluding carboxylic acids is 1. The van der Waals surface area contributed by atoms with Crippen molar-refractivity contribution in [2.24, 2.45) is 0 Å². The molecular formula is C14H13FN2O. The van der Waals surface area contributed by atoms with Crippen LogP contribution in [0.1, 0.15) is 21.5 Å². The molecule has 0 saturated carbocycles. The quantitative estimate of drug-likeness (QED) is 0.825. The molecule has 3 nitrogen and oxygen atoms in total. The fourth-order valence-electron chi connectivity index (χ4n) is 1.83. The fourth-order valence-corrected chi connectivity index (χ4v) is 1.83. The molecule has 2 rings (SSSR count). The normalized spacial score (nSPS) is 10.2. The number of hydrogen-bond acceptors (Lipinski definition) is 2. The molecule has 0 atom stereocenters. The lowest BCUT2D eigenvalue weighted by Crippen LogP contribution is -2.16. The van der Waals surface area contributed by atoms with Gasteiger partial charge in [-0.25, -0.2) is 4.98 Å². The third-order valence-corrected chi connectivity index (χ3v) is 2.66. The maximum Gasteiger partial charge on any atom is 0.257 e. The SMILES string of the molecule is Cc1cccc(C)c1C(=O)Nc1cccc(F)n1. The van der Waals surface area contributed by atoms with Gasteiger partial charge in [-0.1, -0.05) is 24.3 Å². The molecule has 0 spiro atoms. The first-order valence-corrected chi connectivity index (χ1v) is 5.58.